The van der Waals surface area contributed by atoms with Crippen molar-refractivity contribution in [2.24, 2.45) is 0 Å². The number of hydrogen-bond donors (Lipinski definition) is 4. The fourth-order valence-electron chi connectivity index (χ4n) is 2.02. The Balaban J connectivity index is 0.000000283. The Bertz CT molecular complexity index is 881. The molecule has 2 aromatic rings. The summed E-state index contributed by atoms with van der Waals surface area (Å²) in [7, 11) is -3.54. The van der Waals surface area contributed by atoms with Crippen molar-refractivity contribution in [1.82, 2.24) is 0 Å². The topological polar surface area (TPSA) is 127 Å². The predicted octanol–water partition coefficient (Wildman–Crippen LogP) is 2.95. The largest absolute Gasteiger partial charge is 0.399 e. The van der Waals surface area contributed by atoms with Crippen molar-refractivity contribution in [3.8, 4) is 0 Å². The molecule has 0 aliphatic carbocycles. The number of aliphatic hydroxyl groups is 2. The number of nitrogens with two attached hydrogens (primary N) is 2. The Morgan fingerprint density at radius 2 is 1.43 bits per heavy atom. The van der Waals surface area contributed by atoms with Crippen LogP contribution in [0.4, 0.5) is 11.4 Å². The van der Waals surface area contributed by atoms with Crippen LogP contribution in [0.3, 0.4) is 0 Å². The first-order chi connectivity index (χ1) is 12.8. The third-order valence-electron chi connectivity index (χ3n) is 3.91. The molecule has 0 unspecified atom stereocenters. The summed E-state index contributed by atoms with van der Waals surface area (Å²) in [6, 6.07) is 13.8. The second-order valence-electron chi connectivity index (χ2n) is 7.59. The van der Waals surface area contributed by atoms with Crippen molar-refractivity contribution in [1.29, 1.82) is 0 Å². The summed E-state index contributed by atoms with van der Waals surface area (Å²) >= 11 is 1.63. The van der Waals surface area contributed by atoms with Gasteiger partial charge < -0.3 is 21.7 Å². The van der Waals surface area contributed by atoms with E-state index in [0.29, 0.717) is 5.69 Å². The Labute approximate surface area is 171 Å². The zero-order chi connectivity index (χ0) is 21.6. The number of anilines is 2. The van der Waals surface area contributed by atoms with Crippen LogP contribution in [0.5, 0.6) is 0 Å². The van der Waals surface area contributed by atoms with Gasteiger partial charge in [-0.25, -0.2) is 8.42 Å². The molecule has 2 aromatic carbocycles. The maximum Gasteiger partial charge on any atom is 0.185 e. The molecule has 0 fully saturated rings. The fourth-order valence-corrected chi connectivity index (χ4v) is 4.42. The average Bonchev–Trinajstić information content (AvgIpc) is 2.62. The highest BCUT2D eigenvalue weighted by Crippen LogP contribution is 2.32. The van der Waals surface area contributed by atoms with Gasteiger partial charge in [-0.15, -0.1) is 11.8 Å². The molecule has 6 N–H and O–H groups in total. The summed E-state index contributed by atoms with van der Waals surface area (Å²) in [4.78, 5) is 1.24. The van der Waals surface area contributed by atoms with Gasteiger partial charge in [0.05, 0.1) is 22.9 Å². The molecule has 8 heteroatoms. The van der Waals surface area contributed by atoms with E-state index in [1.54, 1.807) is 23.9 Å². The van der Waals surface area contributed by atoms with Crippen LogP contribution in [0.25, 0.3) is 0 Å². The number of rotatable bonds is 6. The number of benzene rings is 2. The summed E-state index contributed by atoms with van der Waals surface area (Å²) < 4.78 is 22.7. The van der Waals surface area contributed by atoms with E-state index in [-0.39, 0.29) is 16.2 Å². The van der Waals surface area contributed by atoms with Crippen molar-refractivity contribution in [2.75, 3.05) is 24.7 Å². The highest BCUT2D eigenvalue weighted by molar-refractivity contribution is 8.00. The normalized spacial score (nSPS) is 12.2. The molecule has 0 bridgehead atoms. The number of aliphatic hydroxyl groups excluding tert-OH is 2. The summed E-state index contributed by atoms with van der Waals surface area (Å²) in [6.45, 7) is 6.69. The first-order valence-electron chi connectivity index (χ1n) is 8.71. The van der Waals surface area contributed by atoms with Crippen LogP contribution in [0, 0.1) is 0 Å². The van der Waals surface area contributed by atoms with Gasteiger partial charge in [-0.1, -0.05) is 12.1 Å². The number of thioether (sulfide) groups is 1. The van der Waals surface area contributed by atoms with E-state index in [4.69, 9.17) is 21.7 Å². The lowest BCUT2D eigenvalue weighted by Gasteiger charge is -2.22. The van der Waals surface area contributed by atoms with E-state index in [1.165, 1.54) is 26.0 Å². The first-order valence-corrected chi connectivity index (χ1v) is 11.0. The maximum absolute atomic E-state index is 12.0. The van der Waals surface area contributed by atoms with Crippen LogP contribution >= 0.6 is 11.8 Å². The first kappa shape index (κ1) is 24.3. The molecule has 28 heavy (non-hydrogen) atoms. The fraction of sp³-hybridized carbons (Fsp3) is 0.400. The number of hydrogen-bond acceptors (Lipinski definition) is 7. The van der Waals surface area contributed by atoms with E-state index in [0.717, 1.165) is 10.6 Å². The van der Waals surface area contributed by atoms with Crippen LogP contribution in [0.1, 0.15) is 27.7 Å². The molecular formula is C20H30N2O4S2. The average molecular weight is 427 g/mol. The van der Waals surface area contributed by atoms with Crippen LogP contribution in [0.2, 0.25) is 0 Å². The molecule has 0 aromatic heterocycles. The smallest absolute Gasteiger partial charge is 0.185 e. The standard InChI is InChI=1S/C10H15NO3S.C10H15NOS/c1-10(2,7-12)15(13,14)9-5-3-4-8(11)6-9;1-10(2,7-12)13-9-5-3-4-8(11)6-9/h3-6,12H,7,11H2,1-2H3;3-6,12H,7,11H2,1-2H3. The van der Waals surface area contributed by atoms with Gasteiger partial charge in [0.15, 0.2) is 9.84 Å². The molecule has 0 radical (unpaired) electrons. The van der Waals surface area contributed by atoms with Gasteiger partial charge in [0, 0.05) is 21.0 Å². The minimum atomic E-state index is -3.54. The summed E-state index contributed by atoms with van der Waals surface area (Å²) in [5.41, 5.74) is 12.3. The molecule has 0 saturated heterocycles. The second kappa shape index (κ2) is 9.65. The van der Waals surface area contributed by atoms with E-state index in [2.05, 4.69) is 0 Å². The molecule has 0 saturated carbocycles. The van der Waals surface area contributed by atoms with Gasteiger partial charge in [-0.05, 0) is 64.1 Å². The molecule has 0 spiro atoms. The molecular weight excluding hydrogens is 396 g/mol. The van der Waals surface area contributed by atoms with Gasteiger partial charge in [0.1, 0.15) is 0 Å². The van der Waals surface area contributed by atoms with Crippen molar-refractivity contribution in [3.05, 3.63) is 48.5 Å². The van der Waals surface area contributed by atoms with Crippen molar-refractivity contribution in [2.45, 2.75) is 47.0 Å². The summed E-state index contributed by atoms with van der Waals surface area (Å²) in [5, 5.41) is 18.1. The lowest BCUT2D eigenvalue weighted by atomic mass is 10.2. The number of nitrogen functional groups attached to an aromatic ring is 2. The van der Waals surface area contributed by atoms with Gasteiger partial charge in [0.2, 0.25) is 0 Å². The minimum Gasteiger partial charge on any atom is -0.399 e. The zero-order valence-corrected chi connectivity index (χ0v) is 18.3. The van der Waals surface area contributed by atoms with Crippen molar-refractivity contribution in [3.63, 3.8) is 0 Å². The molecule has 0 atom stereocenters. The molecule has 0 aliphatic heterocycles. The summed E-state index contributed by atoms with van der Waals surface area (Å²) in [5.74, 6) is 0. The van der Waals surface area contributed by atoms with Gasteiger partial charge >= 0.3 is 0 Å². The predicted molar refractivity (Wildman–Crippen MR) is 117 cm³/mol. The van der Waals surface area contributed by atoms with Crippen LogP contribution in [-0.2, 0) is 9.84 Å². The highest BCUT2D eigenvalue weighted by atomic mass is 32.2. The summed E-state index contributed by atoms with van der Waals surface area (Å²) in [6.07, 6.45) is 0. The van der Waals surface area contributed by atoms with E-state index < -0.39 is 21.2 Å². The molecule has 6 nitrogen and oxygen atoms in total. The molecule has 2 rings (SSSR count). The van der Waals surface area contributed by atoms with Crippen LogP contribution in [0.15, 0.2) is 58.3 Å². The lowest BCUT2D eigenvalue weighted by Crippen LogP contribution is -2.35. The third kappa shape index (κ3) is 6.70. The third-order valence-corrected chi connectivity index (χ3v) is 7.54. The maximum atomic E-state index is 12.0. The van der Waals surface area contributed by atoms with E-state index in [1.807, 2.05) is 38.1 Å². The Morgan fingerprint density at radius 3 is 1.89 bits per heavy atom. The molecule has 0 heterocycles. The quantitative estimate of drug-likeness (QED) is 0.413. The molecule has 0 aliphatic rings. The monoisotopic (exact) mass is 426 g/mol. The minimum absolute atomic E-state index is 0.140. The lowest BCUT2D eigenvalue weighted by molar-refractivity contribution is 0.258. The van der Waals surface area contributed by atoms with Gasteiger partial charge in [-0.2, -0.15) is 0 Å². The van der Waals surface area contributed by atoms with Crippen molar-refractivity contribution < 1.29 is 18.6 Å². The van der Waals surface area contributed by atoms with E-state index >= 15 is 0 Å². The van der Waals surface area contributed by atoms with Crippen LogP contribution in [-0.4, -0.2) is 41.3 Å². The van der Waals surface area contributed by atoms with Gasteiger partial charge in [-0.3, -0.25) is 0 Å². The SMILES string of the molecule is CC(C)(CO)S(=O)(=O)c1cccc(N)c1.CC(C)(CO)Sc1cccc(N)c1. The second-order valence-corrected chi connectivity index (χ2v) is 12.0. The van der Waals surface area contributed by atoms with Gasteiger partial charge in [0.25, 0.3) is 0 Å². The Hall–Kier alpha value is -1.74. The zero-order valence-electron chi connectivity index (χ0n) is 16.7. The highest BCUT2D eigenvalue weighted by Gasteiger charge is 2.35. The number of sulfone groups is 1. The van der Waals surface area contributed by atoms with Crippen LogP contribution < -0.4 is 11.5 Å². The van der Waals surface area contributed by atoms with Crippen molar-refractivity contribution >= 4 is 33.0 Å². The van der Waals surface area contributed by atoms with E-state index in [9.17, 15) is 8.42 Å². The molecule has 0 amide bonds. The Morgan fingerprint density at radius 1 is 0.893 bits per heavy atom. The Kier molecular flexibility index (Phi) is 8.37. The molecule has 156 valence electrons.